The van der Waals surface area contributed by atoms with E-state index >= 15 is 0 Å². The van der Waals surface area contributed by atoms with Gasteiger partial charge in [-0.15, -0.1) is 0 Å². The van der Waals surface area contributed by atoms with Crippen LogP contribution in [0, 0.1) is 0 Å². The summed E-state index contributed by atoms with van der Waals surface area (Å²) in [7, 11) is 0. The predicted molar refractivity (Wildman–Crippen MR) is 219 cm³/mol. The van der Waals surface area contributed by atoms with E-state index in [-0.39, 0.29) is 0 Å². The lowest BCUT2D eigenvalue weighted by Crippen LogP contribution is -2.27. The van der Waals surface area contributed by atoms with Crippen molar-refractivity contribution < 1.29 is 9.47 Å². The smallest absolute Gasteiger partial charge is 0.0722 e. The molecule has 4 nitrogen and oxygen atoms in total. The van der Waals surface area contributed by atoms with Crippen molar-refractivity contribution in [3.8, 4) is 11.1 Å². The molecule has 0 aliphatic rings. The third-order valence-corrected chi connectivity index (χ3v) is 10.2. The summed E-state index contributed by atoms with van der Waals surface area (Å²) in [6.07, 6.45) is 26.3. The normalized spacial score (nSPS) is 11.7. The van der Waals surface area contributed by atoms with Crippen molar-refractivity contribution in [3.05, 3.63) is 59.7 Å². The molecule has 0 bridgehead atoms. The van der Waals surface area contributed by atoms with Gasteiger partial charge in [-0.2, -0.15) is 0 Å². The molecule has 2 aromatic rings. The molecule has 4 heteroatoms. The Hall–Kier alpha value is -1.72. The van der Waals surface area contributed by atoms with Crippen LogP contribution in [0.2, 0.25) is 0 Å². The molecular weight excluding hydrogens is 613 g/mol. The largest absolute Gasteiger partial charge is 0.377 e. The minimum atomic E-state index is 0.663. The fraction of sp³-hybridized carbons (Fsp3) is 0.739. The summed E-state index contributed by atoms with van der Waals surface area (Å²) in [6.45, 7) is 19.7. The fourth-order valence-electron chi connectivity index (χ4n) is 6.98. The zero-order valence-corrected chi connectivity index (χ0v) is 33.5. The van der Waals surface area contributed by atoms with Gasteiger partial charge in [-0.25, -0.2) is 0 Å². The first-order valence-corrected chi connectivity index (χ1v) is 21.5. The minimum Gasteiger partial charge on any atom is -0.377 e. The number of benzene rings is 2. The van der Waals surface area contributed by atoms with Crippen LogP contribution in [-0.2, 0) is 22.7 Å². The summed E-state index contributed by atoms with van der Waals surface area (Å²) in [5.74, 6) is 0. The van der Waals surface area contributed by atoms with Crippen LogP contribution >= 0.6 is 0 Å². The van der Waals surface area contributed by atoms with Crippen molar-refractivity contribution in [3.63, 3.8) is 0 Å². The molecular formula is C46H80N2O2. The molecule has 0 N–H and O–H groups in total. The summed E-state index contributed by atoms with van der Waals surface area (Å²) < 4.78 is 12.6. The van der Waals surface area contributed by atoms with Gasteiger partial charge in [0, 0.05) is 13.2 Å². The SMILES string of the molecule is CCCCCCN(CCCCCC)CCCCOCc1ccccc1-c1ccccc1COCCCCN(CCCCCC)CCCCCC. The van der Waals surface area contributed by atoms with Gasteiger partial charge in [-0.1, -0.05) is 153 Å². The Bertz CT molecular complexity index is 921. The minimum absolute atomic E-state index is 0.663. The number of hydrogen-bond acceptors (Lipinski definition) is 4. The first-order chi connectivity index (χ1) is 24.7. The van der Waals surface area contributed by atoms with Crippen LogP contribution in [0.25, 0.3) is 11.1 Å². The van der Waals surface area contributed by atoms with Crippen LogP contribution < -0.4 is 0 Å². The first-order valence-electron chi connectivity index (χ1n) is 21.5. The second-order valence-corrected chi connectivity index (χ2v) is 14.8. The highest BCUT2D eigenvalue weighted by Crippen LogP contribution is 2.28. The molecule has 0 heterocycles. The standard InChI is InChI=1S/C46H80N2O2/c1-5-9-13-21-33-47(34-22-14-10-6-2)37-25-27-39-49-41-43-29-17-19-31-45(43)46-32-20-18-30-44(46)42-50-40-28-26-38-48(35-23-15-11-7-3)36-24-16-12-8-4/h17-20,29-32H,5-16,21-28,33-42H2,1-4H3. The Labute approximate surface area is 311 Å². The molecule has 0 radical (unpaired) electrons. The maximum absolute atomic E-state index is 6.29. The second kappa shape index (κ2) is 32.0. The number of unbranched alkanes of at least 4 members (excludes halogenated alkanes) is 14. The van der Waals surface area contributed by atoms with Gasteiger partial charge in [-0.05, 0) is 113 Å². The number of hydrogen-bond donors (Lipinski definition) is 0. The number of ether oxygens (including phenoxy) is 2. The highest BCUT2D eigenvalue weighted by molar-refractivity contribution is 5.70. The van der Waals surface area contributed by atoms with Gasteiger partial charge < -0.3 is 19.3 Å². The van der Waals surface area contributed by atoms with Crippen molar-refractivity contribution in [2.45, 2.75) is 169 Å². The van der Waals surface area contributed by atoms with Crippen LogP contribution in [0.15, 0.2) is 48.5 Å². The van der Waals surface area contributed by atoms with Crippen molar-refractivity contribution in [2.24, 2.45) is 0 Å². The van der Waals surface area contributed by atoms with E-state index < -0.39 is 0 Å². The summed E-state index contributed by atoms with van der Waals surface area (Å²) >= 11 is 0. The fourth-order valence-corrected chi connectivity index (χ4v) is 6.98. The van der Waals surface area contributed by atoms with Crippen LogP contribution in [0.5, 0.6) is 0 Å². The maximum Gasteiger partial charge on any atom is 0.0722 e. The lowest BCUT2D eigenvalue weighted by atomic mass is 9.96. The predicted octanol–water partition coefficient (Wildman–Crippen LogP) is 12.9. The highest BCUT2D eigenvalue weighted by Gasteiger charge is 2.11. The average Bonchev–Trinajstić information content (AvgIpc) is 3.14. The van der Waals surface area contributed by atoms with Crippen LogP contribution in [0.3, 0.4) is 0 Å². The van der Waals surface area contributed by atoms with Crippen molar-refractivity contribution in [1.29, 1.82) is 0 Å². The lowest BCUT2D eigenvalue weighted by Gasteiger charge is -2.22. The monoisotopic (exact) mass is 693 g/mol. The molecule has 0 aliphatic carbocycles. The van der Waals surface area contributed by atoms with E-state index in [4.69, 9.17) is 9.47 Å². The first kappa shape index (κ1) is 44.4. The highest BCUT2D eigenvalue weighted by atomic mass is 16.5. The van der Waals surface area contributed by atoms with Gasteiger partial charge in [0.1, 0.15) is 0 Å². The lowest BCUT2D eigenvalue weighted by molar-refractivity contribution is 0.113. The topological polar surface area (TPSA) is 24.9 Å². The number of nitrogens with zero attached hydrogens (tertiary/aromatic N) is 2. The van der Waals surface area contributed by atoms with E-state index in [0.29, 0.717) is 13.2 Å². The van der Waals surface area contributed by atoms with Crippen molar-refractivity contribution >= 4 is 0 Å². The van der Waals surface area contributed by atoms with Gasteiger partial charge in [-0.3, -0.25) is 0 Å². The average molecular weight is 693 g/mol. The van der Waals surface area contributed by atoms with E-state index in [1.165, 1.54) is 177 Å². The zero-order valence-electron chi connectivity index (χ0n) is 33.5. The van der Waals surface area contributed by atoms with E-state index in [2.05, 4.69) is 86.0 Å². The molecule has 0 saturated carbocycles. The molecule has 0 saturated heterocycles. The Balaban J connectivity index is 1.78. The molecule has 0 aliphatic heterocycles. The Morgan fingerprint density at radius 3 is 0.980 bits per heavy atom. The van der Waals surface area contributed by atoms with E-state index in [1.807, 2.05) is 0 Å². The molecule has 0 unspecified atom stereocenters. The van der Waals surface area contributed by atoms with Gasteiger partial charge in [0.05, 0.1) is 13.2 Å². The third kappa shape index (κ3) is 21.6. The third-order valence-electron chi connectivity index (χ3n) is 10.2. The molecule has 2 aromatic carbocycles. The van der Waals surface area contributed by atoms with E-state index in [1.54, 1.807) is 0 Å². The van der Waals surface area contributed by atoms with Crippen LogP contribution in [0.4, 0.5) is 0 Å². The second-order valence-electron chi connectivity index (χ2n) is 14.8. The molecule has 50 heavy (non-hydrogen) atoms. The molecule has 0 fully saturated rings. The Kier molecular flexibility index (Phi) is 28.4. The van der Waals surface area contributed by atoms with Gasteiger partial charge >= 0.3 is 0 Å². The molecule has 0 amide bonds. The zero-order chi connectivity index (χ0) is 35.7. The van der Waals surface area contributed by atoms with E-state index in [0.717, 1.165) is 26.1 Å². The summed E-state index contributed by atoms with van der Waals surface area (Å²) in [4.78, 5) is 5.44. The molecule has 0 spiro atoms. The molecule has 286 valence electrons. The molecule has 0 aromatic heterocycles. The quantitative estimate of drug-likeness (QED) is 0.0671. The van der Waals surface area contributed by atoms with Gasteiger partial charge in [0.2, 0.25) is 0 Å². The van der Waals surface area contributed by atoms with Crippen LogP contribution in [0.1, 0.15) is 167 Å². The molecule has 0 atom stereocenters. The van der Waals surface area contributed by atoms with Gasteiger partial charge in [0.15, 0.2) is 0 Å². The summed E-state index contributed by atoms with van der Waals surface area (Å²) in [5.41, 5.74) is 5.09. The maximum atomic E-state index is 6.29. The van der Waals surface area contributed by atoms with Crippen LogP contribution in [-0.4, -0.2) is 62.3 Å². The summed E-state index contributed by atoms with van der Waals surface area (Å²) in [6, 6.07) is 17.6. The number of rotatable bonds is 35. The Morgan fingerprint density at radius 2 is 0.660 bits per heavy atom. The van der Waals surface area contributed by atoms with Crippen molar-refractivity contribution in [1.82, 2.24) is 9.80 Å². The van der Waals surface area contributed by atoms with Gasteiger partial charge in [0.25, 0.3) is 0 Å². The van der Waals surface area contributed by atoms with Crippen molar-refractivity contribution in [2.75, 3.05) is 52.5 Å². The molecule has 2 rings (SSSR count). The summed E-state index contributed by atoms with van der Waals surface area (Å²) in [5, 5.41) is 0. The van der Waals surface area contributed by atoms with E-state index in [9.17, 15) is 0 Å². The Morgan fingerprint density at radius 1 is 0.360 bits per heavy atom.